The Labute approximate surface area is 152 Å². The quantitative estimate of drug-likeness (QED) is 0.906. The molecule has 0 bridgehead atoms. The highest BCUT2D eigenvalue weighted by Gasteiger charge is 2.36. The van der Waals surface area contributed by atoms with Crippen LogP contribution in [0, 0.1) is 5.92 Å². The summed E-state index contributed by atoms with van der Waals surface area (Å²) in [7, 11) is 2.00. The van der Waals surface area contributed by atoms with E-state index in [0.29, 0.717) is 5.92 Å². The molecule has 2 saturated heterocycles. The van der Waals surface area contributed by atoms with Gasteiger partial charge in [0.15, 0.2) is 0 Å². The summed E-state index contributed by atoms with van der Waals surface area (Å²) in [6, 6.07) is 2.00. The smallest absolute Gasteiger partial charge is 0.245 e. The summed E-state index contributed by atoms with van der Waals surface area (Å²) < 4.78 is 0. The highest BCUT2D eigenvalue weighted by molar-refractivity contribution is 7.16. The first kappa shape index (κ1) is 16.7. The lowest BCUT2D eigenvalue weighted by molar-refractivity contribution is -0.133. The first-order chi connectivity index (χ1) is 12.3. The third-order valence-corrected chi connectivity index (χ3v) is 6.29. The van der Waals surface area contributed by atoms with Gasteiger partial charge in [-0.05, 0) is 56.6 Å². The van der Waals surface area contributed by atoms with Gasteiger partial charge >= 0.3 is 0 Å². The van der Waals surface area contributed by atoms with Crippen molar-refractivity contribution in [2.45, 2.75) is 31.7 Å². The normalized spacial score (nSPS) is 22.0. The number of amides is 1. The van der Waals surface area contributed by atoms with Crippen LogP contribution in [0.25, 0.3) is 10.2 Å². The molecule has 0 aromatic carbocycles. The monoisotopic (exact) mass is 359 g/mol. The van der Waals surface area contributed by atoms with Gasteiger partial charge in [-0.1, -0.05) is 0 Å². The SMILES string of the molecule is CNCC1CCN(C(=O)C2CCCN2c2ncnc3sccc23)CC1. The summed E-state index contributed by atoms with van der Waals surface area (Å²) in [5.41, 5.74) is 0. The van der Waals surface area contributed by atoms with Crippen molar-refractivity contribution in [3.05, 3.63) is 17.8 Å². The molecule has 0 radical (unpaired) electrons. The molecule has 2 aromatic heterocycles. The second-order valence-electron chi connectivity index (χ2n) is 7.01. The second kappa shape index (κ2) is 7.25. The lowest BCUT2D eigenvalue weighted by atomic mass is 9.96. The Morgan fingerprint density at radius 3 is 2.92 bits per heavy atom. The second-order valence-corrected chi connectivity index (χ2v) is 7.91. The van der Waals surface area contributed by atoms with Crippen LogP contribution in [0.15, 0.2) is 17.8 Å². The van der Waals surface area contributed by atoms with Gasteiger partial charge in [0.1, 0.15) is 23.0 Å². The Hall–Kier alpha value is -1.73. The Balaban J connectivity index is 1.50. The molecule has 6 nitrogen and oxygen atoms in total. The van der Waals surface area contributed by atoms with E-state index < -0.39 is 0 Å². The number of hydrogen-bond acceptors (Lipinski definition) is 6. The Morgan fingerprint density at radius 1 is 1.28 bits per heavy atom. The molecule has 2 aromatic rings. The predicted molar refractivity (Wildman–Crippen MR) is 101 cm³/mol. The molecule has 2 fully saturated rings. The zero-order chi connectivity index (χ0) is 17.2. The molecule has 0 saturated carbocycles. The minimum Gasteiger partial charge on any atom is -0.344 e. The molecule has 25 heavy (non-hydrogen) atoms. The standard InChI is InChI=1S/C18H25N5OS/c1-19-11-13-4-8-22(9-5-13)18(24)15-3-2-7-23(15)16-14-6-10-25-17(14)21-12-20-16/h6,10,12-13,15,19H,2-5,7-9,11H2,1H3. The molecule has 7 heteroatoms. The third kappa shape index (κ3) is 3.22. The Morgan fingerprint density at radius 2 is 2.12 bits per heavy atom. The number of thiophene rings is 1. The van der Waals surface area contributed by atoms with Crippen molar-refractivity contribution in [3.8, 4) is 0 Å². The fourth-order valence-electron chi connectivity index (χ4n) is 4.14. The van der Waals surface area contributed by atoms with Crippen LogP contribution >= 0.6 is 11.3 Å². The number of rotatable bonds is 4. The van der Waals surface area contributed by atoms with E-state index in [-0.39, 0.29) is 11.9 Å². The maximum atomic E-state index is 13.2. The summed E-state index contributed by atoms with van der Waals surface area (Å²) in [6.07, 6.45) is 5.79. The van der Waals surface area contributed by atoms with Crippen molar-refractivity contribution in [2.24, 2.45) is 5.92 Å². The number of nitrogens with zero attached hydrogens (tertiary/aromatic N) is 4. The number of nitrogens with one attached hydrogen (secondary N) is 1. The van der Waals surface area contributed by atoms with Crippen LogP contribution in [0.4, 0.5) is 5.82 Å². The molecule has 0 spiro atoms. The van der Waals surface area contributed by atoms with Crippen LogP contribution in [0.3, 0.4) is 0 Å². The Bertz CT molecular complexity index is 740. The number of carbonyl (C=O) groups excluding carboxylic acids is 1. The summed E-state index contributed by atoms with van der Waals surface area (Å²) in [4.78, 5) is 27.3. The van der Waals surface area contributed by atoms with Gasteiger partial charge < -0.3 is 15.1 Å². The molecule has 1 atom stereocenters. The van der Waals surface area contributed by atoms with Crippen molar-refractivity contribution < 1.29 is 4.79 Å². The maximum Gasteiger partial charge on any atom is 0.245 e. The number of fused-ring (bicyclic) bond motifs is 1. The molecule has 2 aliphatic rings. The van der Waals surface area contributed by atoms with Gasteiger partial charge in [0.05, 0.1) is 5.39 Å². The zero-order valence-electron chi connectivity index (χ0n) is 14.6. The van der Waals surface area contributed by atoms with E-state index in [1.807, 2.05) is 12.4 Å². The number of carbonyl (C=O) groups is 1. The summed E-state index contributed by atoms with van der Waals surface area (Å²) in [5, 5.41) is 6.37. The number of aromatic nitrogens is 2. The lowest BCUT2D eigenvalue weighted by Crippen LogP contribution is -2.49. The van der Waals surface area contributed by atoms with Crippen molar-refractivity contribution in [2.75, 3.05) is 38.1 Å². The number of anilines is 1. The fourth-order valence-corrected chi connectivity index (χ4v) is 4.87. The maximum absolute atomic E-state index is 13.2. The first-order valence-electron chi connectivity index (χ1n) is 9.16. The average Bonchev–Trinajstić information content (AvgIpc) is 3.31. The summed E-state index contributed by atoms with van der Waals surface area (Å²) in [6.45, 7) is 3.71. The van der Waals surface area contributed by atoms with E-state index in [1.54, 1.807) is 17.7 Å². The number of likely N-dealkylation sites (tertiary alicyclic amines) is 1. The van der Waals surface area contributed by atoms with Crippen LogP contribution in [-0.2, 0) is 4.79 Å². The van der Waals surface area contributed by atoms with Crippen LogP contribution in [0.1, 0.15) is 25.7 Å². The molecule has 1 amide bonds. The highest BCUT2D eigenvalue weighted by Crippen LogP contribution is 2.32. The largest absolute Gasteiger partial charge is 0.344 e. The van der Waals surface area contributed by atoms with E-state index in [4.69, 9.17) is 0 Å². The molecule has 0 aliphatic carbocycles. The molecule has 2 aliphatic heterocycles. The van der Waals surface area contributed by atoms with Gasteiger partial charge in [-0.3, -0.25) is 4.79 Å². The van der Waals surface area contributed by atoms with E-state index in [9.17, 15) is 4.79 Å². The van der Waals surface area contributed by atoms with Crippen LogP contribution in [-0.4, -0.2) is 60.0 Å². The Kier molecular flexibility index (Phi) is 4.85. The van der Waals surface area contributed by atoms with Crippen molar-refractivity contribution in [1.29, 1.82) is 0 Å². The molecular weight excluding hydrogens is 334 g/mol. The minimum atomic E-state index is -0.0705. The van der Waals surface area contributed by atoms with Gasteiger partial charge in [-0.15, -0.1) is 11.3 Å². The highest BCUT2D eigenvalue weighted by atomic mass is 32.1. The van der Waals surface area contributed by atoms with Gasteiger partial charge in [0.25, 0.3) is 0 Å². The molecule has 4 heterocycles. The van der Waals surface area contributed by atoms with Gasteiger partial charge in [-0.2, -0.15) is 0 Å². The topological polar surface area (TPSA) is 61.4 Å². The molecule has 4 rings (SSSR count). The van der Waals surface area contributed by atoms with E-state index >= 15 is 0 Å². The molecular formula is C18H25N5OS. The molecule has 1 unspecified atom stereocenters. The minimum absolute atomic E-state index is 0.0705. The zero-order valence-corrected chi connectivity index (χ0v) is 15.5. The van der Waals surface area contributed by atoms with E-state index in [1.165, 1.54) is 0 Å². The van der Waals surface area contributed by atoms with E-state index in [0.717, 1.165) is 67.9 Å². The number of hydrogen-bond donors (Lipinski definition) is 1. The fraction of sp³-hybridized carbons (Fsp3) is 0.611. The first-order valence-corrected chi connectivity index (χ1v) is 10.0. The van der Waals surface area contributed by atoms with Gasteiger partial charge in [0.2, 0.25) is 5.91 Å². The van der Waals surface area contributed by atoms with Crippen molar-refractivity contribution in [3.63, 3.8) is 0 Å². The van der Waals surface area contributed by atoms with Crippen molar-refractivity contribution in [1.82, 2.24) is 20.2 Å². The average molecular weight is 359 g/mol. The van der Waals surface area contributed by atoms with E-state index in [2.05, 4.69) is 31.2 Å². The summed E-state index contributed by atoms with van der Waals surface area (Å²) in [5.74, 6) is 1.90. The molecule has 134 valence electrons. The van der Waals surface area contributed by atoms with Crippen molar-refractivity contribution >= 4 is 33.3 Å². The third-order valence-electron chi connectivity index (χ3n) is 5.47. The van der Waals surface area contributed by atoms with Gasteiger partial charge in [-0.25, -0.2) is 9.97 Å². The van der Waals surface area contributed by atoms with Crippen LogP contribution < -0.4 is 10.2 Å². The molecule has 1 N–H and O–H groups in total. The van der Waals surface area contributed by atoms with Crippen LogP contribution in [0.5, 0.6) is 0 Å². The summed E-state index contributed by atoms with van der Waals surface area (Å²) >= 11 is 1.62. The number of piperidine rings is 1. The predicted octanol–water partition coefficient (Wildman–Crippen LogP) is 2.12. The van der Waals surface area contributed by atoms with Gasteiger partial charge in [0, 0.05) is 19.6 Å². The van der Waals surface area contributed by atoms with Crippen LogP contribution in [0.2, 0.25) is 0 Å². The lowest BCUT2D eigenvalue weighted by Gasteiger charge is -2.35.